The molecule has 4 heteroatoms. The average molecular weight is 239 g/mol. The van der Waals surface area contributed by atoms with Gasteiger partial charge in [-0.3, -0.25) is 9.59 Å². The van der Waals surface area contributed by atoms with E-state index in [1.165, 1.54) is 0 Å². The van der Waals surface area contributed by atoms with Gasteiger partial charge in [0, 0.05) is 6.04 Å². The van der Waals surface area contributed by atoms with Gasteiger partial charge in [-0.25, -0.2) is 0 Å². The second kappa shape index (κ2) is 4.00. The van der Waals surface area contributed by atoms with Gasteiger partial charge in [-0.1, -0.05) is 27.2 Å². The molecule has 2 N–H and O–H groups in total. The monoisotopic (exact) mass is 239 g/mol. The zero-order chi connectivity index (χ0) is 12.8. The molecule has 96 valence electrons. The molecule has 2 aliphatic rings. The topological polar surface area (TPSA) is 66.4 Å². The number of carbonyl (C=O) groups is 2. The van der Waals surface area contributed by atoms with Gasteiger partial charge in [0.15, 0.2) is 0 Å². The highest BCUT2D eigenvalue weighted by atomic mass is 16.4. The summed E-state index contributed by atoms with van der Waals surface area (Å²) < 4.78 is 0. The highest BCUT2D eigenvalue weighted by Crippen LogP contribution is 2.58. The summed E-state index contributed by atoms with van der Waals surface area (Å²) in [7, 11) is 0. The van der Waals surface area contributed by atoms with Crippen LogP contribution in [0.15, 0.2) is 0 Å². The summed E-state index contributed by atoms with van der Waals surface area (Å²) in [6.45, 7) is 5.85. The Hall–Kier alpha value is -1.06. The van der Waals surface area contributed by atoms with Crippen LogP contribution in [0.4, 0.5) is 0 Å². The number of nitrogens with one attached hydrogen (secondary N) is 1. The average Bonchev–Trinajstić information content (AvgIpc) is 3.03. The maximum atomic E-state index is 12.0. The van der Waals surface area contributed by atoms with Crippen LogP contribution in [0.5, 0.6) is 0 Å². The lowest BCUT2D eigenvalue weighted by Crippen LogP contribution is -2.30. The van der Waals surface area contributed by atoms with E-state index in [-0.39, 0.29) is 17.2 Å². The first kappa shape index (κ1) is 12.4. The van der Waals surface area contributed by atoms with E-state index < -0.39 is 11.9 Å². The van der Waals surface area contributed by atoms with Gasteiger partial charge >= 0.3 is 5.97 Å². The molecule has 17 heavy (non-hydrogen) atoms. The number of aliphatic carboxylic acids is 1. The lowest BCUT2D eigenvalue weighted by atomic mass is 10.1. The summed E-state index contributed by atoms with van der Waals surface area (Å²) in [5, 5.41) is 12.0. The molecule has 4 atom stereocenters. The van der Waals surface area contributed by atoms with Crippen LogP contribution in [-0.4, -0.2) is 23.0 Å². The molecule has 2 unspecified atom stereocenters. The fourth-order valence-electron chi connectivity index (χ4n) is 2.97. The van der Waals surface area contributed by atoms with Gasteiger partial charge in [0.1, 0.15) is 0 Å². The Morgan fingerprint density at radius 2 is 2.00 bits per heavy atom. The zero-order valence-electron chi connectivity index (χ0n) is 10.7. The normalized spacial score (nSPS) is 37.4. The van der Waals surface area contributed by atoms with E-state index in [2.05, 4.69) is 12.2 Å². The molecular weight excluding hydrogens is 218 g/mol. The summed E-state index contributed by atoms with van der Waals surface area (Å²) in [4.78, 5) is 22.9. The van der Waals surface area contributed by atoms with Gasteiger partial charge in [-0.15, -0.1) is 0 Å². The molecule has 1 amide bonds. The first-order chi connectivity index (χ1) is 7.89. The van der Waals surface area contributed by atoms with Gasteiger partial charge in [0.2, 0.25) is 5.91 Å². The van der Waals surface area contributed by atoms with Crippen molar-refractivity contribution < 1.29 is 14.7 Å². The van der Waals surface area contributed by atoms with E-state index in [1.54, 1.807) is 0 Å². The van der Waals surface area contributed by atoms with Crippen LogP contribution in [0.1, 0.15) is 40.0 Å². The molecule has 0 heterocycles. The fraction of sp³-hybridized carbons (Fsp3) is 0.846. The van der Waals surface area contributed by atoms with Crippen molar-refractivity contribution in [2.45, 2.75) is 46.1 Å². The second-order valence-electron chi connectivity index (χ2n) is 6.01. The molecule has 0 spiro atoms. The van der Waals surface area contributed by atoms with Crippen molar-refractivity contribution in [3.05, 3.63) is 0 Å². The number of carboxylic acid groups (broad SMARTS) is 1. The van der Waals surface area contributed by atoms with Crippen LogP contribution in [0, 0.1) is 23.2 Å². The van der Waals surface area contributed by atoms with Gasteiger partial charge in [0.25, 0.3) is 0 Å². The molecule has 0 bridgehead atoms. The van der Waals surface area contributed by atoms with E-state index >= 15 is 0 Å². The lowest BCUT2D eigenvalue weighted by Gasteiger charge is -2.05. The standard InChI is InChI=1S/C13H21NO3/c1-4-5-7-6-8(7)14-11(15)9-10(12(16)17)13(9,2)3/h7-10H,4-6H2,1-3H3,(H,14,15)(H,16,17)/t7?,8?,9-,10+/m1/s1. The van der Waals surface area contributed by atoms with Crippen molar-refractivity contribution in [1.82, 2.24) is 5.32 Å². The summed E-state index contributed by atoms with van der Waals surface area (Å²) in [5.41, 5.74) is -0.384. The SMILES string of the molecule is CCCC1CC1NC(=O)[C@H]1[C@@H](C(=O)O)C1(C)C. The van der Waals surface area contributed by atoms with E-state index in [9.17, 15) is 9.59 Å². The van der Waals surface area contributed by atoms with E-state index in [4.69, 9.17) is 5.11 Å². The Bertz CT molecular complexity index is 351. The van der Waals surface area contributed by atoms with E-state index in [0.29, 0.717) is 12.0 Å². The number of hydrogen-bond donors (Lipinski definition) is 2. The Morgan fingerprint density at radius 1 is 1.35 bits per heavy atom. The maximum Gasteiger partial charge on any atom is 0.307 e. The molecule has 0 aliphatic heterocycles. The molecule has 0 aromatic rings. The van der Waals surface area contributed by atoms with E-state index in [0.717, 1.165) is 19.3 Å². The first-order valence-corrected chi connectivity index (χ1v) is 6.42. The van der Waals surface area contributed by atoms with Crippen LogP contribution >= 0.6 is 0 Å². The molecule has 2 fully saturated rings. The zero-order valence-corrected chi connectivity index (χ0v) is 10.7. The quantitative estimate of drug-likeness (QED) is 0.766. The fourth-order valence-corrected chi connectivity index (χ4v) is 2.97. The first-order valence-electron chi connectivity index (χ1n) is 6.42. The van der Waals surface area contributed by atoms with Crippen LogP contribution in [-0.2, 0) is 9.59 Å². The Morgan fingerprint density at radius 3 is 2.47 bits per heavy atom. The Kier molecular flexibility index (Phi) is 2.92. The summed E-state index contributed by atoms with van der Waals surface area (Å²) >= 11 is 0. The summed E-state index contributed by atoms with van der Waals surface area (Å²) in [6.07, 6.45) is 3.36. The third-order valence-electron chi connectivity index (χ3n) is 4.29. The number of hydrogen-bond acceptors (Lipinski definition) is 2. The van der Waals surface area contributed by atoms with Crippen LogP contribution in [0.2, 0.25) is 0 Å². The summed E-state index contributed by atoms with van der Waals surface area (Å²) in [5.74, 6) is -1.15. The van der Waals surface area contributed by atoms with Gasteiger partial charge < -0.3 is 10.4 Å². The van der Waals surface area contributed by atoms with Crippen molar-refractivity contribution >= 4 is 11.9 Å². The van der Waals surface area contributed by atoms with Crippen molar-refractivity contribution in [2.75, 3.05) is 0 Å². The minimum absolute atomic E-state index is 0.0639. The van der Waals surface area contributed by atoms with Crippen molar-refractivity contribution in [3.63, 3.8) is 0 Å². The third-order valence-corrected chi connectivity index (χ3v) is 4.29. The smallest absolute Gasteiger partial charge is 0.307 e. The number of rotatable bonds is 5. The minimum Gasteiger partial charge on any atom is -0.481 e. The van der Waals surface area contributed by atoms with Crippen LogP contribution < -0.4 is 5.32 Å². The predicted octanol–water partition coefficient (Wildman–Crippen LogP) is 1.65. The van der Waals surface area contributed by atoms with Crippen molar-refractivity contribution in [1.29, 1.82) is 0 Å². The molecule has 2 rings (SSSR count). The van der Waals surface area contributed by atoms with Crippen LogP contribution in [0.3, 0.4) is 0 Å². The summed E-state index contributed by atoms with van der Waals surface area (Å²) in [6, 6.07) is 0.299. The highest BCUT2D eigenvalue weighted by Gasteiger charge is 2.66. The molecule has 4 nitrogen and oxygen atoms in total. The molecule has 0 aromatic heterocycles. The van der Waals surface area contributed by atoms with Crippen molar-refractivity contribution in [2.24, 2.45) is 23.2 Å². The predicted molar refractivity (Wildman–Crippen MR) is 63.3 cm³/mol. The molecule has 0 radical (unpaired) electrons. The number of carboxylic acids is 1. The van der Waals surface area contributed by atoms with E-state index in [1.807, 2.05) is 13.8 Å². The minimum atomic E-state index is -0.851. The maximum absolute atomic E-state index is 12.0. The molecule has 2 aliphatic carbocycles. The lowest BCUT2D eigenvalue weighted by molar-refractivity contribution is -0.140. The molecule has 0 saturated heterocycles. The van der Waals surface area contributed by atoms with Gasteiger partial charge in [0.05, 0.1) is 11.8 Å². The second-order valence-corrected chi connectivity index (χ2v) is 6.01. The Balaban J connectivity index is 1.85. The molecular formula is C13H21NO3. The van der Waals surface area contributed by atoms with Gasteiger partial charge in [-0.2, -0.15) is 0 Å². The highest BCUT2D eigenvalue weighted by molar-refractivity contribution is 5.91. The van der Waals surface area contributed by atoms with Crippen LogP contribution in [0.25, 0.3) is 0 Å². The Labute approximate surface area is 102 Å². The largest absolute Gasteiger partial charge is 0.481 e. The molecule has 0 aromatic carbocycles. The number of carbonyl (C=O) groups excluding carboxylic acids is 1. The van der Waals surface area contributed by atoms with Gasteiger partial charge in [-0.05, 0) is 24.2 Å². The van der Waals surface area contributed by atoms with Crippen molar-refractivity contribution in [3.8, 4) is 0 Å². The number of amides is 1. The third kappa shape index (κ3) is 2.17. The molecule has 2 saturated carbocycles.